The molecule has 0 saturated carbocycles. The Morgan fingerprint density at radius 2 is 2.05 bits per heavy atom. The fourth-order valence-corrected chi connectivity index (χ4v) is 1.67. The monoisotopic (exact) mass is 301 g/mol. The lowest BCUT2D eigenvalue weighted by molar-refractivity contribution is -0.137. The second kappa shape index (κ2) is 8.47. The highest BCUT2D eigenvalue weighted by Crippen LogP contribution is 2.14. The van der Waals surface area contributed by atoms with Crippen LogP contribution in [0.3, 0.4) is 0 Å². The molecular weight excluding hydrogens is 282 g/mol. The molecule has 0 atom stereocenters. The number of aliphatic carboxylic acids is 1. The lowest BCUT2D eigenvalue weighted by Crippen LogP contribution is -2.26. The van der Waals surface area contributed by atoms with Crippen molar-refractivity contribution in [2.24, 2.45) is 0 Å². The smallest absolute Gasteiger partial charge is 0.303 e. The summed E-state index contributed by atoms with van der Waals surface area (Å²) in [6, 6.07) is 7.55. The van der Waals surface area contributed by atoms with E-state index in [1.165, 1.54) is 6.20 Å². The zero-order valence-corrected chi connectivity index (χ0v) is 12.6. The number of aryl methyl sites for hydroxylation is 2. The van der Waals surface area contributed by atoms with Crippen molar-refractivity contribution in [1.29, 1.82) is 5.26 Å². The van der Waals surface area contributed by atoms with Gasteiger partial charge in [-0.1, -0.05) is 6.07 Å². The van der Waals surface area contributed by atoms with Crippen LogP contribution in [0.5, 0.6) is 0 Å². The van der Waals surface area contributed by atoms with Gasteiger partial charge in [-0.2, -0.15) is 5.26 Å². The third-order valence-electron chi connectivity index (χ3n) is 3.11. The molecule has 0 aliphatic heterocycles. The molecule has 0 radical (unpaired) electrons. The SMILES string of the molecule is Cc1ccc(N/C=C(/C#N)C(=O)NCCCC(=O)O)cc1C. The van der Waals surface area contributed by atoms with E-state index < -0.39 is 11.9 Å². The number of anilines is 1. The van der Waals surface area contributed by atoms with Crippen molar-refractivity contribution in [3.05, 3.63) is 41.1 Å². The number of nitriles is 1. The number of carboxylic acid groups (broad SMARTS) is 1. The van der Waals surface area contributed by atoms with E-state index in [1.54, 1.807) is 0 Å². The van der Waals surface area contributed by atoms with Gasteiger partial charge in [-0.25, -0.2) is 0 Å². The maximum absolute atomic E-state index is 11.8. The first kappa shape index (κ1) is 17.2. The van der Waals surface area contributed by atoms with E-state index in [1.807, 2.05) is 38.1 Å². The highest BCUT2D eigenvalue weighted by molar-refractivity contribution is 5.97. The summed E-state index contributed by atoms with van der Waals surface area (Å²) in [6.45, 7) is 4.19. The molecule has 0 saturated heterocycles. The molecular formula is C16H19N3O3. The van der Waals surface area contributed by atoms with Crippen molar-refractivity contribution in [3.63, 3.8) is 0 Å². The summed E-state index contributed by atoms with van der Waals surface area (Å²) in [5, 5.41) is 22.9. The van der Waals surface area contributed by atoms with Crippen LogP contribution in [0.4, 0.5) is 5.69 Å². The molecule has 116 valence electrons. The summed E-state index contributed by atoms with van der Waals surface area (Å²) >= 11 is 0. The van der Waals surface area contributed by atoms with Crippen LogP contribution in [0.1, 0.15) is 24.0 Å². The number of hydrogen-bond acceptors (Lipinski definition) is 4. The van der Waals surface area contributed by atoms with Crippen LogP contribution >= 0.6 is 0 Å². The van der Waals surface area contributed by atoms with Gasteiger partial charge >= 0.3 is 5.97 Å². The highest BCUT2D eigenvalue weighted by Gasteiger charge is 2.08. The number of carboxylic acids is 1. The first-order valence-electron chi connectivity index (χ1n) is 6.88. The topological polar surface area (TPSA) is 102 Å². The van der Waals surface area contributed by atoms with Gasteiger partial charge in [0.15, 0.2) is 0 Å². The molecule has 1 aromatic carbocycles. The summed E-state index contributed by atoms with van der Waals surface area (Å²) < 4.78 is 0. The Balaban J connectivity index is 2.58. The summed E-state index contributed by atoms with van der Waals surface area (Å²) in [5.74, 6) is -1.44. The summed E-state index contributed by atoms with van der Waals surface area (Å²) in [5.41, 5.74) is 2.99. The molecule has 0 aliphatic rings. The van der Waals surface area contributed by atoms with Crippen LogP contribution in [0.2, 0.25) is 0 Å². The van der Waals surface area contributed by atoms with Crippen molar-refractivity contribution < 1.29 is 14.7 Å². The molecule has 0 fully saturated rings. The van der Waals surface area contributed by atoms with Crippen molar-refractivity contribution >= 4 is 17.6 Å². The molecule has 0 bridgehead atoms. The van der Waals surface area contributed by atoms with Crippen molar-refractivity contribution in [1.82, 2.24) is 5.32 Å². The van der Waals surface area contributed by atoms with Crippen LogP contribution in [-0.2, 0) is 9.59 Å². The fraction of sp³-hybridized carbons (Fsp3) is 0.312. The number of carbonyl (C=O) groups is 2. The van der Waals surface area contributed by atoms with E-state index in [-0.39, 0.29) is 18.5 Å². The lowest BCUT2D eigenvalue weighted by Gasteiger charge is -2.06. The van der Waals surface area contributed by atoms with Gasteiger partial charge in [-0.3, -0.25) is 9.59 Å². The normalized spacial score (nSPS) is 10.7. The minimum absolute atomic E-state index is 0.0211. The number of nitrogens with one attached hydrogen (secondary N) is 2. The van der Waals surface area contributed by atoms with Crippen LogP contribution in [0, 0.1) is 25.2 Å². The van der Waals surface area contributed by atoms with Gasteiger partial charge < -0.3 is 15.7 Å². The molecule has 0 aliphatic carbocycles. The predicted octanol–water partition coefficient (Wildman–Crippen LogP) is 2.10. The van der Waals surface area contributed by atoms with E-state index in [0.29, 0.717) is 6.42 Å². The molecule has 22 heavy (non-hydrogen) atoms. The Morgan fingerprint density at radius 1 is 1.32 bits per heavy atom. The second-order valence-electron chi connectivity index (χ2n) is 4.87. The minimum atomic E-state index is -0.915. The maximum atomic E-state index is 11.8. The first-order chi connectivity index (χ1) is 10.4. The summed E-state index contributed by atoms with van der Waals surface area (Å²) in [4.78, 5) is 22.1. The summed E-state index contributed by atoms with van der Waals surface area (Å²) in [7, 11) is 0. The highest BCUT2D eigenvalue weighted by atomic mass is 16.4. The average Bonchev–Trinajstić information content (AvgIpc) is 2.47. The Hall–Kier alpha value is -2.81. The molecule has 0 spiro atoms. The lowest BCUT2D eigenvalue weighted by atomic mass is 10.1. The minimum Gasteiger partial charge on any atom is -0.481 e. The molecule has 1 aromatic rings. The number of hydrogen-bond donors (Lipinski definition) is 3. The van der Waals surface area contributed by atoms with Gasteiger partial charge in [0.1, 0.15) is 11.6 Å². The van der Waals surface area contributed by atoms with E-state index in [9.17, 15) is 9.59 Å². The number of carbonyl (C=O) groups excluding carboxylic acids is 1. The Bertz CT molecular complexity index is 630. The third-order valence-corrected chi connectivity index (χ3v) is 3.11. The zero-order chi connectivity index (χ0) is 16.5. The predicted molar refractivity (Wildman–Crippen MR) is 83.1 cm³/mol. The average molecular weight is 301 g/mol. The number of rotatable bonds is 7. The van der Waals surface area contributed by atoms with Crippen LogP contribution < -0.4 is 10.6 Å². The summed E-state index contributed by atoms with van der Waals surface area (Å²) in [6.07, 6.45) is 1.65. The molecule has 6 heteroatoms. The van der Waals surface area contributed by atoms with Crippen molar-refractivity contribution in [3.8, 4) is 6.07 Å². The number of nitrogens with zero attached hydrogens (tertiary/aromatic N) is 1. The standard InChI is InChI=1S/C16H19N3O3/c1-11-5-6-14(8-12(11)2)19-10-13(9-17)16(22)18-7-3-4-15(20)21/h5-6,8,10,19H,3-4,7H2,1-2H3,(H,18,22)(H,20,21)/b13-10-. The van der Waals surface area contributed by atoms with E-state index in [2.05, 4.69) is 10.6 Å². The van der Waals surface area contributed by atoms with Gasteiger partial charge in [0.25, 0.3) is 5.91 Å². The van der Waals surface area contributed by atoms with Crippen molar-refractivity contribution in [2.75, 3.05) is 11.9 Å². The van der Waals surface area contributed by atoms with Gasteiger partial charge in [-0.15, -0.1) is 0 Å². The van der Waals surface area contributed by atoms with Gasteiger partial charge in [0.2, 0.25) is 0 Å². The number of amides is 1. The largest absolute Gasteiger partial charge is 0.481 e. The molecule has 1 rings (SSSR count). The number of benzene rings is 1. The van der Waals surface area contributed by atoms with E-state index >= 15 is 0 Å². The molecule has 0 heterocycles. The maximum Gasteiger partial charge on any atom is 0.303 e. The van der Waals surface area contributed by atoms with E-state index in [0.717, 1.165) is 16.8 Å². The second-order valence-corrected chi connectivity index (χ2v) is 4.87. The van der Waals surface area contributed by atoms with E-state index in [4.69, 9.17) is 10.4 Å². The van der Waals surface area contributed by atoms with Crippen LogP contribution in [0.25, 0.3) is 0 Å². The third kappa shape index (κ3) is 5.67. The van der Waals surface area contributed by atoms with Crippen molar-refractivity contribution in [2.45, 2.75) is 26.7 Å². The van der Waals surface area contributed by atoms with Gasteiger partial charge in [-0.05, 0) is 43.5 Å². The first-order valence-corrected chi connectivity index (χ1v) is 6.88. The van der Waals surface area contributed by atoms with Crippen LogP contribution in [0.15, 0.2) is 30.0 Å². The fourth-order valence-electron chi connectivity index (χ4n) is 1.67. The molecule has 6 nitrogen and oxygen atoms in total. The Labute approximate surface area is 129 Å². The molecule has 0 aromatic heterocycles. The van der Waals surface area contributed by atoms with Crippen LogP contribution in [-0.4, -0.2) is 23.5 Å². The molecule has 3 N–H and O–H groups in total. The van der Waals surface area contributed by atoms with Gasteiger partial charge in [0.05, 0.1) is 0 Å². The van der Waals surface area contributed by atoms with Gasteiger partial charge in [0, 0.05) is 24.9 Å². The Morgan fingerprint density at radius 3 is 2.64 bits per heavy atom. The Kier molecular flexibility index (Phi) is 6.64. The zero-order valence-electron chi connectivity index (χ0n) is 12.6. The molecule has 0 unspecified atom stereocenters. The molecule has 1 amide bonds. The quantitative estimate of drug-likeness (QED) is 0.406.